The summed E-state index contributed by atoms with van der Waals surface area (Å²) in [5.74, 6) is -0.520. The van der Waals surface area contributed by atoms with Gasteiger partial charge in [-0.2, -0.15) is 0 Å². The van der Waals surface area contributed by atoms with Crippen LogP contribution in [-0.2, 0) is 4.79 Å². The third-order valence-electron chi connectivity index (χ3n) is 4.65. The Balaban J connectivity index is 1.59. The molecule has 0 aliphatic heterocycles. The Morgan fingerprint density at radius 3 is 2.61 bits per heavy atom. The molecule has 0 saturated carbocycles. The molecule has 0 fully saturated rings. The number of carboxylic acid groups (broad SMARTS) is 1. The van der Waals surface area contributed by atoms with Crippen LogP contribution in [0.4, 0.5) is 5.69 Å². The Morgan fingerprint density at radius 2 is 1.88 bits per heavy atom. The minimum absolute atomic E-state index is 0.0738. The topological polar surface area (TPSA) is 88.5 Å². The van der Waals surface area contributed by atoms with Gasteiger partial charge in [-0.1, -0.05) is 24.3 Å². The van der Waals surface area contributed by atoms with E-state index in [0.717, 1.165) is 25.7 Å². The Kier molecular flexibility index (Phi) is 7.07. The van der Waals surface area contributed by atoms with Gasteiger partial charge in [0, 0.05) is 16.2 Å². The lowest BCUT2D eigenvalue weighted by molar-refractivity contribution is -0.133. The Labute approximate surface area is 198 Å². The second-order valence-electron chi connectivity index (χ2n) is 6.99. The maximum absolute atomic E-state index is 12.6. The van der Waals surface area contributed by atoms with Crippen molar-refractivity contribution in [1.82, 2.24) is 4.98 Å². The van der Waals surface area contributed by atoms with Gasteiger partial charge in [-0.05, 0) is 60.2 Å². The molecule has 8 heteroatoms. The summed E-state index contributed by atoms with van der Waals surface area (Å²) in [5, 5.41) is 12.8. The third-order valence-corrected chi connectivity index (χ3v) is 6.86. The Hall–Kier alpha value is -3.62. The number of aromatic nitrogens is 1. The fraction of sp³-hybridized carbons (Fsp3) is 0.0800. The van der Waals surface area contributed by atoms with Gasteiger partial charge in [-0.25, -0.2) is 4.98 Å². The number of anilines is 1. The van der Waals surface area contributed by atoms with E-state index in [4.69, 9.17) is 4.74 Å². The molecule has 0 aliphatic rings. The number of thioether (sulfide) groups is 1. The van der Waals surface area contributed by atoms with Gasteiger partial charge >= 0.3 is 5.97 Å². The average Bonchev–Trinajstić information content (AvgIpc) is 3.26. The number of nitrogens with one attached hydrogen (secondary N) is 1. The zero-order valence-electron chi connectivity index (χ0n) is 17.6. The number of thiazole rings is 1. The number of hydrogen-bond acceptors (Lipinski definition) is 6. The summed E-state index contributed by atoms with van der Waals surface area (Å²) >= 11 is 2.74. The number of carbonyl (C=O) groups is 2. The lowest BCUT2D eigenvalue weighted by Gasteiger charge is -2.08. The van der Waals surface area contributed by atoms with E-state index in [1.807, 2.05) is 48.5 Å². The van der Waals surface area contributed by atoms with Gasteiger partial charge in [-0.3, -0.25) is 9.59 Å². The minimum atomic E-state index is -0.896. The molecule has 0 unspecified atom stereocenters. The van der Waals surface area contributed by atoms with Gasteiger partial charge < -0.3 is 15.2 Å². The standard InChI is InChI=1S/C25H20N2O4S2/c1-31-19-11-9-17(10-12-19)24(30)26-18-6-4-5-16(13-18)14-22(32-15-23(28)29)25-27-20-7-2-3-8-21(20)33-25/h2-14H,15H2,1H3,(H,26,30)(H,28,29)/b22-14-. The number of carboxylic acids is 1. The summed E-state index contributed by atoms with van der Waals surface area (Å²) in [7, 11) is 1.57. The van der Waals surface area contributed by atoms with Crippen LogP contribution in [0, 0.1) is 0 Å². The van der Waals surface area contributed by atoms with Crippen molar-refractivity contribution < 1.29 is 19.4 Å². The normalized spacial score (nSPS) is 11.4. The number of hydrogen-bond donors (Lipinski definition) is 2. The van der Waals surface area contributed by atoms with Crippen molar-refractivity contribution >= 4 is 61.9 Å². The van der Waals surface area contributed by atoms with Crippen molar-refractivity contribution in [2.24, 2.45) is 0 Å². The van der Waals surface area contributed by atoms with Crippen LogP contribution < -0.4 is 10.1 Å². The van der Waals surface area contributed by atoms with Crippen LogP contribution in [0.1, 0.15) is 20.9 Å². The van der Waals surface area contributed by atoms with Crippen LogP contribution in [0.3, 0.4) is 0 Å². The zero-order valence-corrected chi connectivity index (χ0v) is 19.3. The first-order valence-electron chi connectivity index (χ1n) is 9.99. The molecule has 1 aromatic heterocycles. The van der Waals surface area contributed by atoms with Gasteiger partial charge in [0.15, 0.2) is 0 Å². The SMILES string of the molecule is COc1ccc(C(=O)Nc2cccc(/C=C(\SCC(=O)O)c3nc4ccccc4s3)c2)cc1. The molecule has 2 N–H and O–H groups in total. The molecule has 33 heavy (non-hydrogen) atoms. The van der Waals surface area contributed by atoms with Crippen LogP contribution in [-0.4, -0.2) is 34.8 Å². The number of carbonyl (C=O) groups excluding carboxylic acids is 1. The highest BCUT2D eigenvalue weighted by molar-refractivity contribution is 8.09. The molecule has 0 radical (unpaired) electrons. The number of fused-ring (bicyclic) bond motifs is 1. The van der Waals surface area contributed by atoms with Crippen molar-refractivity contribution in [2.45, 2.75) is 0 Å². The van der Waals surface area contributed by atoms with E-state index in [-0.39, 0.29) is 11.7 Å². The van der Waals surface area contributed by atoms with E-state index < -0.39 is 5.97 Å². The Bertz CT molecular complexity index is 1300. The number of methoxy groups -OCH3 is 1. The lowest BCUT2D eigenvalue weighted by atomic mass is 10.1. The van der Waals surface area contributed by atoms with Crippen LogP contribution in [0.5, 0.6) is 5.75 Å². The largest absolute Gasteiger partial charge is 0.497 e. The smallest absolute Gasteiger partial charge is 0.313 e. The molecule has 0 atom stereocenters. The molecule has 0 saturated heterocycles. The maximum Gasteiger partial charge on any atom is 0.313 e. The Morgan fingerprint density at radius 1 is 1.09 bits per heavy atom. The van der Waals surface area contributed by atoms with Crippen molar-refractivity contribution in [1.29, 1.82) is 0 Å². The highest BCUT2D eigenvalue weighted by atomic mass is 32.2. The molecule has 1 amide bonds. The summed E-state index contributed by atoms with van der Waals surface area (Å²) in [4.78, 5) is 29.2. The number of amides is 1. The van der Waals surface area contributed by atoms with Gasteiger partial charge in [0.1, 0.15) is 10.8 Å². The molecule has 0 spiro atoms. The highest BCUT2D eigenvalue weighted by Gasteiger charge is 2.12. The summed E-state index contributed by atoms with van der Waals surface area (Å²) in [6.07, 6.45) is 1.90. The van der Waals surface area contributed by atoms with E-state index >= 15 is 0 Å². The average molecular weight is 477 g/mol. The quantitative estimate of drug-likeness (QED) is 0.330. The van der Waals surface area contributed by atoms with Crippen molar-refractivity contribution in [3.63, 3.8) is 0 Å². The number of rotatable bonds is 8. The summed E-state index contributed by atoms with van der Waals surface area (Å²) in [6.45, 7) is 0. The molecule has 1 heterocycles. The predicted octanol–water partition coefficient (Wildman–Crippen LogP) is 5.87. The van der Waals surface area contributed by atoms with Gasteiger partial charge in [0.2, 0.25) is 0 Å². The van der Waals surface area contributed by atoms with Crippen molar-refractivity contribution in [3.8, 4) is 5.75 Å². The number of ether oxygens (including phenoxy) is 1. The number of aliphatic carboxylic acids is 1. The van der Waals surface area contributed by atoms with Gasteiger partial charge in [0.05, 0.1) is 23.1 Å². The van der Waals surface area contributed by atoms with Crippen LogP contribution in [0.15, 0.2) is 72.8 Å². The van der Waals surface area contributed by atoms with Gasteiger partial charge in [-0.15, -0.1) is 23.1 Å². The summed E-state index contributed by atoms with van der Waals surface area (Å²) < 4.78 is 6.17. The minimum Gasteiger partial charge on any atom is -0.497 e. The molecule has 3 aromatic carbocycles. The number of para-hydroxylation sites is 1. The molecule has 0 bridgehead atoms. The first-order chi connectivity index (χ1) is 16.0. The summed E-state index contributed by atoms with van der Waals surface area (Å²) in [6, 6.07) is 22.1. The van der Waals surface area contributed by atoms with Gasteiger partial charge in [0.25, 0.3) is 5.91 Å². The first kappa shape index (κ1) is 22.6. The molecule has 4 aromatic rings. The number of benzene rings is 3. The fourth-order valence-electron chi connectivity index (χ4n) is 3.09. The maximum atomic E-state index is 12.6. The van der Waals surface area contributed by atoms with E-state index in [9.17, 15) is 14.7 Å². The lowest BCUT2D eigenvalue weighted by Crippen LogP contribution is -2.11. The van der Waals surface area contributed by atoms with E-state index in [0.29, 0.717) is 17.0 Å². The fourth-order valence-corrected chi connectivity index (χ4v) is 4.93. The molecule has 0 aliphatic carbocycles. The van der Waals surface area contributed by atoms with E-state index in [2.05, 4.69) is 10.3 Å². The van der Waals surface area contributed by atoms with E-state index in [1.54, 1.807) is 37.4 Å². The zero-order chi connectivity index (χ0) is 23.2. The summed E-state index contributed by atoms with van der Waals surface area (Å²) in [5.41, 5.74) is 2.86. The third kappa shape index (κ3) is 5.79. The van der Waals surface area contributed by atoms with E-state index in [1.165, 1.54) is 23.1 Å². The van der Waals surface area contributed by atoms with Crippen molar-refractivity contribution in [2.75, 3.05) is 18.2 Å². The van der Waals surface area contributed by atoms with Crippen LogP contribution in [0.25, 0.3) is 21.2 Å². The first-order valence-corrected chi connectivity index (χ1v) is 11.8. The number of nitrogens with zero attached hydrogens (tertiary/aromatic N) is 1. The second kappa shape index (κ2) is 10.3. The monoisotopic (exact) mass is 476 g/mol. The molecule has 166 valence electrons. The molecule has 6 nitrogen and oxygen atoms in total. The molecule has 4 rings (SSSR count). The van der Waals surface area contributed by atoms with Crippen LogP contribution >= 0.6 is 23.1 Å². The van der Waals surface area contributed by atoms with Crippen molar-refractivity contribution in [3.05, 3.63) is 88.9 Å². The van der Waals surface area contributed by atoms with Crippen LogP contribution in [0.2, 0.25) is 0 Å². The highest BCUT2D eigenvalue weighted by Crippen LogP contribution is 2.35. The molecular formula is C25H20N2O4S2. The molecular weight excluding hydrogens is 456 g/mol. The predicted molar refractivity (Wildman–Crippen MR) is 135 cm³/mol. The second-order valence-corrected chi connectivity index (χ2v) is 9.03.